The van der Waals surface area contributed by atoms with Crippen molar-refractivity contribution in [1.82, 2.24) is 9.78 Å². The number of nitrogens with zero attached hydrogens (tertiary/aromatic N) is 2. The molecule has 1 heterocycles. The number of halogens is 4. The minimum absolute atomic E-state index is 0.133. The van der Waals surface area contributed by atoms with E-state index in [4.69, 9.17) is 16.7 Å². The van der Waals surface area contributed by atoms with Crippen LogP contribution in [-0.4, -0.2) is 14.9 Å². The number of aliphatic hydroxyl groups excluding tert-OH is 1. The fourth-order valence-corrected chi connectivity index (χ4v) is 2.09. The maximum absolute atomic E-state index is 12.6. The molecule has 114 valence electrons. The van der Waals surface area contributed by atoms with Crippen molar-refractivity contribution in [1.29, 1.82) is 0 Å². The van der Waals surface area contributed by atoms with Gasteiger partial charge in [-0.2, -0.15) is 18.3 Å². The van der Waals surface area contributed by atoms with Gasteiger partial charge >= 0.3 is 6.18 Å². The van der Waals surface area contributed by atoms with Crippen LogP contribution in [0, 0.1) is 0 Å². The molecule has 0 saturated carbocycles. The van der Waals surface area contributed by atoms with E-state index in [0.29, 0.717) is 22.0 Å². The Morgan fingerprint density at radius 1 is 1.38 bits per heavy atom. The Bertz CT molecular complexity index is 640. The van der Waals surface area contributed by atoms with Crippen LogP contribution in [0.3, 0.4) is 0 Å². The first kappa shape index (κ1) is 15.7. The summed E-state index contributed by atoms with van der Waals surface area (Å²) >= 11 is 6.07. The highest BCUT2D eigenvalue weighted by atomic mass is 35.5. The molecule has 0 fully saturated rings. The normalized spacial score (nSPS) is 11.7. The molecule has 1 aromatic heterocycles. The minimum atomic E-state index is -4.47. The lowest BCUT2D eigenvalue weighted by molar-refractivity contribution is -0.141. The molecule has 1 aromatic carbocycles. The number of alkyl halides is 3. The number of aryl methyl sites for hydroxylation is 1. The van der Waals surface area contributed by atoms with Crippen LogP contribution >= 0.6 is 11.6 Å². The Balaban J connectivity index is 2.16. The highest BCUT2D eigenvalue weighted by Gasteiger charge is 2.34. The minimum Gasteiger partial charge on any atom is -0.392 e. The van der Waals surface area contributed by atoms with E-state index >= 15 is 0 Å². The Morgan fingerprint density at radius 2 is 2.10 bits per heavy atom. The number of nitrogens with one attached hydrogen (secondary N) is 1. The van der Waals surface area contributed by atoms with Gasteiger partial charge in [0.1, 0.15) is 0 Å². The Hall–Kier alpha value is -1.73. The molecule has 8 heteroatoms. The SMILES string of the molecule is Cn1nc(C(F)(F)F)cc1CNc1cccc(CO)c1Cl. The third-order valence-corrected chi connectivity index (χ3v) is 3.42. The second kappa shape index (κ2) is 5.95. The van der Waals surface area contributed by atoms with Gasteiger partial charge in [0.25, 0.3) is 0 Å². The number of rotatable bonds is 4. The van der Waals surface area contributed by atoms with E-state index in [1.807, 2.05) is 0 Å². The van der Waals surface area contributed by atoms with Crippen molar-refractivity contribution >= 4 is 17.3 Å². The summed E-state index contributed by atoms with van der Waals surface area (Å²) in [6.07, 6.45) is -4.47. The Kier molecular flexibility index (Phi) is 4.43. The van der Waals surface area contributed by atoms with Crippen molar-refractivity contribution in [3.05, 3.63) is 46.2 Å². The molecule has 0 aliphatic rings. The van der Waals surface area contributed by atoms with Crippen molar-refractivity contribution < 1.29 is 18.3 Å². The second-order valence-electron chi connectivity index (χ2n) is 4.43. The standard InChI is InChI=1S/C13H13ClF3N3O/c1-20-9(5-11(19-20)13(15,16)17)6-18-10-4-2-3-8(7-21)12(10)14/h2-5,18,21H,6-7H2,1H3. The van der Waals surface area contributed by atoms with E-state index in [1.165, 1.54) is 11.7 Å². The third kappa shape index (κ3) is 3.48. The molecule has 2 aromatic rings. The Labute approximate surface area is 124 Å². The zero-order chi connectivity index (χ0) is 15.6. The quantitative estimate of drug-likeness (QED) is 0.910. The maximum atomic E-state index is 12.6. The highest BCUT2D eigenvalue weighted by molar-refractivity contribution is 6.34. The Morgan fingerprint density at radius 3 is 2.67 bits per heavy atom. The van der Waals surface area contributed by atoms with Crippen LogP contribution in [-0.2, 0) is 26.4 Å². The summed E-state index contributed by atoms with van der Waals surface area (Å²) in [4.78, 5) is 0. The van der Waals surface area contributed by atoms with E-state index in [-0.39, 0.29) is 13.2 Å². The van der Waals surface area contributed by atoms with Gasteiger partial charge in [-0.15, -0.1) is 0 Å². The van der Waals surface area contributed by atoms with Crippen LogP contribution in [0.1, 0.15) is 17.0 Å². The summed E-state index contributed by atoms with van der Waals surface area (Å²) in [6.45, 7) is -0.0769. The molecule has 0 aliphatic carbocycles. The summed E-state index contributed by atoms with van der Waals surface area (Å²) in [6, 6.07) is 6.03. The molecule has 21 heavy (non-hydrogen) atoms. The van der Waals surface area contributed by atoms with Crippen LogP contribution < -0.4 is 5.32 Å². The molecule has 0 bridgehead atoms. The van der Waals surface area contributed by atoms with Crippen LogP contribution in [0.2, 0.25) is 5.02 Å². The summed E-state index contributed by atoms with van der Waals surface area (Å²) in [5.74, 6) is 0. The van der Waals surface area contributed by atoms with Crippen LogP contribution in [0.15, 0.2) is 24.3 Å². The molecule has 0 aliphatic heterocycles. The number of benzene rings is 1. The molecule has 2 N–H and O–H groups in total. The van der Waals surface area contributed by atoms with E-state index in [0.717, 1.165) is 6.07 Å². The fourth-order valence-electron chi connectivity index (χ4n) is 1.83. The van der Waals surface area contributed by atoms with Gasteiger partial charge in [-0.3, -0.25) is 4.68 Å². The van der Waals surface area contributed by atoms with E-state index in [2.05, 4.69) is 10.4 Å². The van der Waals surface area contributed by atoms with Crippen LogP contribution in [0.4, 0.5) is 18.9 Å². The first-order chi connectivity index (χ1) is 9.82. The average Bonchev–Trinajstić information content (AvgIpc) is 2.79. The largest absolute Gasteiger partial charge is 0.435 e. The van der Waals surface area contributed by atoms with E-state index in [1.54, 1.807) is 18.2 Å². The van der Waals surface area contributed by atoms with Gasteiger partial charge in [-0.25, -0.2) is 0 Å². The van der Waals surface area contributed by atoms with Gasteiger partial charge in [0.05, 0.1) is 29.6 Å². The number of anilines is 1. The second-order valence-corrected chi connectivity index (χ2v) is 4.81. The lowest BCUT2D eigenvalue weighted by atomic mass is 10.2. The zero-order valence-corrected chi connectivity index (χ0v) is 11.8. The molecular weight excluding hydrogens is 307 g/mol. The molecule has 0 saturated heterocycles. The van der Waals surface area contributed by atoms with E-state index in [9.17, 15) is 13.2 Å². The fraction of sp³-hybridized carbons (Fsp3) is 0.308. The topological polar surface area (TPSA) is 50.1 Å². The zero-order valence-electron chi connectivity index (χ0n) is 11.1. The smallest absolute Gasteiger partial charge is 0.392 e. The maximum Gasteiger partial charge on any atom is 0.435 e. The van der Waals surface area contributed by atoms with Gasteiger partial charge in [-0.05, 0) is 17.7 Å². The lowest BCUT2D eigenvalue weighted by Crippen LogP contribution is -2.07. The molecule has 0 spiro atoms. The van der Waals surface area contributed by atoms with Gasteiger partial charge in [0, 0.05) is 7.05 Å². The number of aliphatic hydroxyl groups is 1. The molecule has 4 nitrogen and oxygen atoms in total. The van der Waals surface area contributed by atoms with Gasteiger partial charge in [0.2, 0.25) is 0 Å². The molecule has 0 atom stereocenters. The molecule has 0 amide bonds. The van der Waals surface area contributed by atoms with Crippen molar-refractivity contribution in [2.75, 3.05) is 5.32 Å². The molecule has 2 rings (SSSR count). The molecule has 0 unspecified atom stereocenters. The van der Waals surface area contributed by atoms with Gasteiger partial charge < -0.3 is 10.4 Å². The van der Waals surface area contributed by atoms with Crippen molar-refractivity contribution in [2.24, 2.45) is 7.05 Å². The van der Waals surface area contributed by atoms with Crippen molar-refractivity contribution in [3.63, 3.8) is 0 Å². The highest BCUT2D eigenvalue weighted by Crippen LogP contribution is 2.29. The summed E-state index contributed by atoms with van der Waals surface area (Å²) in [5, 5.41) is 15.8. The first-order valence-corrected chi connectivity index (χ1v) is 6.43. The number of aromatic nitrogens is 2. The number of hydrogen-bond donors (Lipinski definition) is 2. The number of hydrogen-bond acceptors (Lipinski definition) is 3. The van der Waals surface area contributed by atoms with Crippen molar-refractivity contribution in [3.8, 4) is 0 Å². The summed E-state index contributed by atoms with van der Waals surface area (Å²) in [5.41, 5.74) is 0.519. The van der Waals surface area contributed by atoms with Crippen molar-refractivity contribution in [2.45, 2.75) is 19.3 Å². The monoisotopic (exact) mass is 319 g/mol. The van der Waals surface area contributed by atoms with E-state index < -0.39 is 11.9 Å². The van der Waals surface area contributed by atoms with Crippen LogP contribution in [0.5, 0.6) is 0 Å². The van der Waals surface area contributed by atoms with Gasteiger partial charge in [0.15, 0.2) is 5.69 Å². The predicted octanol–water partition coefficient (Wildman–Crippen LogP) is 3.20. The average molecular weight is 320 g/mol. The summed E-state index contributed by atoms with van der Waals surface area (Å²) < 4.78 is 38.9. The lowest BCUT2D eigenvalue weighted by Gasteiger charge is -2.10. The van der Waals surface area contributed by atoms with Gasteiger partial charge in [-0.1, -0.05) is 23.7 Å². The van der Waals surface area contributed by atoms with Crippen LogP contribution in [0.25, 0.3) is 0 Å². The summed E-state index contributed by atoms with van der Waals surface area (Å²) in [7, 11) is 1.44. The predicted molar refractivity (Wildman–Crippen MR) is 72.9 cm³/mol. The molecule has 0 radical (unpaired) electrons. The molecular formula is C13H13ClF3N3O. The third-order valence-electron chi connectivity index (χ3n) is 2.98. The first-order valence-electron chi connectivity index (χ1n) is 6.05.